The second kappa shape index (κ2) is 8.12. The molecule has 4 heteroatoms. The molecule has 0 radical (unpaired) electrons. The van der Waals surface area contributed by atoms with Crippen LogP contribution in [0.15, 0.2) is 18.2 Å². The minimum absolute atomic E-state index is 0.0544. The molecule has 0 aliphatic heterocycles. The second-order valence-electron chi connectivity index (χ2n) is 4.70. The molecule has 0 saturated heterocycles. The number of anilines is 1. The summed E-state index contributed by atoms with van der Waals surface area (Å²) in [5.74, 6) is -0.176. The third-order valence-corrected chi connectivity index (χ3v) is 3.05. The highest BCUT2D eigenvalue weighted by Gasteiger charge is 2.14. The highest BCUT2D eigenvalue weighted by atomic mass is 19.1. The number of nitrogens with two attached hydrogens (primary N) is 1. The molecule has 19 heavy (non-hydrogen) atoms. The van der Waals surface area contributed by atoms with Crippen LogP contribution in [-0.2, 0) is 11.2 Å². The van der Waals surface area contributed by atoms with Crippen LogP contribution in [0.25, 0.3) is 0 Å². The summed E-state index contributed by atoms with van der Waals surface area (Å²) in [6.07, 6.45) is 0.549. The van der Waals surface area contributed by atoms with E-state index >= 15 is 0 Å². The number of nitrogens with zero attached hydrogens (tertiary/aromatic N) is 1. The van der Waals surface area contributed by atoms with Gasteiger partial charge in [0, 0.05) is 37.0 Å². The number of benzene rings is 1. The lowest BCUT2D eigenvalue weighted by Crippen LogP contribution is -2.29. The smallest absolute Gasteiger partial charge is 0.128 e. The molecule has 0 spiro atoms. The van der Waals surface area contributed by atoms with Gasteiger partial charge in [0.05, 0.1) is 6.61 Å². The van der Waals surface area contributed by atoms with Crippen LogP contribution in [0, 0.1) is 5.82 Å². The van der Waals surface area contributed by atoms with E-state index in [1.54, 1.807) is 6.07 Å². The molecule has 0 heterocycles. The summed E-state index contributed by atoms with van der Waals surface area (Å²) < 4.78 is 19.4. The maximum absolute atomic E-state index is 14.0. The molecular formula is C15H25FN2O. The largest absolute Gasteiger partial charge is 0.380 e. The van der Waals surface area contributed by atoms with Crippen LogP contribution in [-0.4, -0.2) is 32.3 Å². The standard InChI is InChI=1S/C15H25FN2O/c1-4-18(9-10-19-5-2)15-8-6-7-14(16)13(15)11-12(3)17/h6-8,12H,4-5,9-11,17H2,1-3H3. The second-order valence-corrected chi connectivity index (χ2v) is 4.70. The topological polar surface area (TPSA) is 38.5 Å². The first-order valence-corrected chi connectivity index (χ1v) is 6.95. The Morgan fingerprint density at radius 1 is 1.37 bits per heavy atom. The average Bonchev–Trinajstić information content (AvgIpc) is 2.37. The van der Waals surface area contributed by atoms with Gasteiger partial charge in [-0.25, -0.2) is 4.39 Å². The summed E-state index contributed by atoms with van der Waals surface area (Å²) in [6, 6.07) is 5.15. The van der Waals surface area contributed by atoms with Gasteiger partial charge in [-0.3, -0.25) is 0 Å². The Bertz CT molecular complexity index is 382. The predicted molar refractivity (Wildman–Crippen MR) is 78.1 cm³/mol. The van der Waals surface area contributed by atoms with E-state index < -0.39 is 0 Å². The zero-order chi connectivity index (χ0) is 14.3. The lowest BCUT2D eigenvalue weighted by atomic mass is 10.0. The molecule has 0 saturated carbocycles. The molecule has 1 aromatic rings. The molecule has 0 fully saturated rings. The van der Waals surface area contributed by atoms with Gasteiger partial charge >= 0.3 is 0 Å². The van der Waals surface area contributed by atoms with E-state index in [2.05, 4.69) is 11.8 Å². The van der Waals surface area contributed by atoms with Crippen LogP contribution < -0.4 is 10.6 Å². The van der Waals surface area contributed by atoms with Gasteiger partial charge in [0.2, 0.25) is 0 Å². The van der Waals surface area contributed by atoms with Crippen LogP contribution in [0.1, 0.15) is 26.3 Å². The van der Waals surface area contributed by atoms with Gasteiger partial charge in [-0.05, 0) is 39.3 Å². The first kappa shape index (κ1) is 15.9. The van der Waals surface area contributed by atoms with E-state index in [9.17, 15) is 4.39 Å². The average molecular weight is 268 g/mol. The summed E-state index contributed by atoms with van der Waals surface area (Å²) >= 11 is 0. The summed E-state index contributed by atoms with van der Waals surface area (Å²) in [5.41, 5.74) is 7.45. The van der Waals surface area contributed by atoms with Crippen molar-refractivity contribution < 1.29 is 9.13 Å². The molecule has 1 rings (SSSR count). The normalized spacial score (nSPS) is 12.5. The highest BCUT2D eigenvalue weighted by Crippen LogP contribution is 2.24. The lowest BCUT2D eigenvalue weighted by molar-refractivity contribution is 0.154. The number of halogens is 1. The monoisotopic (exact) mass is 268 g/mol. The van der Waals surface area contributed by atoms with Crippen LogP contribution in [0.5, 0.6) is 0 Å². The number of hydrogen-bond acceptors (Lipinski definition) is 3. The van der Waals surface area contributed by atoms with Crippen LogP contribution in [0.2, 0.25) is 0 Å². The summed E-state index contributed by atoms with van der Waals surface area (Å²) in [4.78, 5) is 2.14. The fourth-order valence-corrected chi connectivity index (χ4v) is 2.14. The van der Waals surface area contributed by atoms with Crippen LogP contribution in [0.4, 0.5) is 10.1 Å². The van der Waals surface area contributed by atoms with Crippen LogP contribution in [0.3, 0.4) is 0 Å². The van der Waals surface area contributed by atoms with Gasteiger partial charge in [-0.2, -0.15) is 0 Å². The molecule has 0 amide bonds. The molecule has 3 nitrogen and oxygen atoms in total. The predicted octanol–water partition coefficient (Wildman–Crippen LogP) is 2.58. The summed E-state index contributed by atoms with van der Waals surface area (Å²) in [7, 11) is 0. The minimum atomic E-state index is -0.176. The van der Waals surface area contributed by atoms with Crippen molar-refractivity contribution in [3.8, 4) is 0 Å². The van der Waals surface area contributed by atoms with E-state index in [4.69, 9.17) is 10.5 Å². The molecule has 0 aliphatic rings. The van der Waals surface area contributed by atoms with Gasteiger partial charge < -0.3 is 15.4 Å². The first-order chi connectivity index (χ1) is 9.10. The van der Waals surface area contributed by atoms with E-state index in [-0.39, 0.29) is 11.9 Å². The Labute approximate surface area is 115 Å². The lowest BCUT2D eigenvalue weighted by Gasteiger charge is -2.26. The Morgan fingerprint density at radius 3 is 2.68 bits per heavy atom. The Kier molecular flexibility index (Phi) is 6.81. The van der Waals surface area contributed by atoms with Crippen molar-refractivity contribution in [1.82, 2.24) is 0 Å². The maximum atomic E-state index is 14.0. The van der Waals surface area contributed by atoms with Crippen molar-refractivity contribution in [2.45, 2.75) is 33.2 Å². The van der Waals surface area contributed by atoms with Crippen molar-refractivity contribution in [2.75, 3.05) is 31.2 Å². The molecule has 1 aromatic carbocycles. The zero-order valence-corrected chi connectivity index (χ0v) is 12.2. The Morgan fingerprint density at radius 2 is 2.11 bits per heavy atom. The maximum Gasteiger partial charge on any atom is 0.128 e. The number of likely N-dealkylation sites (N-methyl/N-ethyl adjacent to an activating group) is 1. The van der Waals surface area contributed by atoms with Gasteiger partial charge in [-0.1, -0.05) is 6.07 Å². The van der Waals surface area contributed by atoms with Crippen molar-refractivity contribution in [1.29, 1.82) is 0 Å². The Balaban J connectivity index is 2.91. The van der Waals surface area contributed by atoms with Crippen LogP contribution >= 0.6 is 0 Å². The minimum Gasteiger partial charge on any atom is -0.380 e. The highest BCUT2D eigenvalue weighted by molar-refractivity contribution is 5.54. The van der Waals surface area contributed by atoms with Crippen molar-refractivity contribution in [2.24, 2.45) is 5.73 Å². The van der Waals surface area contributed by atoms with Gasteiger partial charge in [0.1, 0.15) is 5.82 Å². The molecule has 108 valence electrons. The number of hydrogen-bond donors (Lipinski definition) is 1. The van der Waals surface area contributed by atoms with Gasteiger partial charge in [0.15, 0.2) is 0 Å². The molecule has 0 bridgehead atoms. The first-order valence-electron chi connectivity index (χ1n) is 6.95. The SMILES string of the molecule is CCOCCN(CC)c1cccc(F)c1CC(C)N. The Hall–Kier alpha value is -1.13. The molecule has 0 aromatic heterocycles. The third-order valence-electron chi connectivity index (χ3n) is 3.05. The van der Waals surface area contributed by atoms with E-state index in [1.807, 2.05) is 19.9 Å². The molecule has 0 aliphatic carbocycles. The molecular weight excluding hydrogens is 243 g/mol. The summed E-state index contributed by atoms with van der Waals surface area (Å²) in [6.45, 7) is 8.87. The number of ether oxygens (including phenoxy) is 1. The van der Waals surface area contributed by atoms with Crippen molar-refractivity contribution in [3.05, 3.63) is 29.6 Å². The van der Waals surface area contributed by atoms with E-state index in [0.717, 1.165) is 18.8 Å². The zero-order valence-electron chi connectivity index (χ0n) is 12.2. The number of rotatable bonds is 8. The molecule has 1 atom stereocenters. The molecule has 1 unspecified atom stereocenters. The van der Waals surface area contributed by atoms with E-state index in [1.165, 1.54) is 6.07 Å². The quantitative estimate of drug-likeness (QED) is 0.736. The molecule has 2 N–H and O–H groups in total. The van der Waals surface area contributed by atoms with Gasteiger partial charge in [0.25, 0.3) is 0 Å². The third kappa shape index (κ3) is 4.80. The fourth-order valence-electron chi connectivity index (χ4n) is 2.14. The fraction of sp³-hybridized carbons (Fsp3) is 0.600. The van der Waals surface area contributed by atoms with Gasteiger partial charge in [-0.15, -0.1) is 0 Å². The summed E-state index contributed by atoms with van der Waals surface area (Å²) in [5, 5.41) is 0. The van der Waals surface area contributed by atoms with Crippen molar-refractivity contribution in [3.63, 3.8) is 0 Å². The van der Waals surface area contributed by atoms with Crippen molar-refractivity contribution >= 4 is 5.69 Å². The van der Waals surface area contributed by atoms with E-state index in [0.29, 0.717) is 25.2 Å².